The molecule has 0 amide bonds. The van der Waals surface area contributed by atoms with Crippen molar-refractivity contribution < 1.29 is 32.5 Å². The summed E-state index contributed by atoms with van der Waals surface area (Å²) in [5.41, 5.74) is -2.78. The second kappa shape index (κ2) is 5.75. The highest BCUT2D eigenvalue weighted by molar-refractivity contribution is 5.89. The topological polar surface area (TPSA) is 54.0 Å². The van der Waals surface area contributed by atoms with Gasteiger partial charge in [0.15, 0.2) is 11.4 Å². The molecular formula is C17H20F2O5. The first kappa shape index (κ1) is 17.3. The number of carbonyl (C=O) groups is 1. The van der Waals surface area contributed by atoms with Crippen LogP contribution in [0.25, 0.3) is 0 Å². The van der Waals surface area contributed by atoms with E-state index in [4.69, 9.17) is 18.9 Å². The molecular weight excluding hydrogens is 322 g/mol. The second-order valence-electron chi connectivity index (χ2n) is 6.80. The zero-order valence-electron chi connectivity index (χ0n) is 13.8. The molecule has 0 N–H and O–H groups in total. The fourth-order valence-corrected chi connectivity index (χ4v) is 3.32. The minimum absolute atomic E-state index is 0.0612. The first-order chi connectivity index (χ1) is 11.2. The molecule has 1 aromatic carbocycles. The average Bonchev–Trinajstić information content (AvgIpc) is 2.92. The van der Waals surface area contributed by atoms with Gasteiger partial charge in [-0.3, -0.25) is 0 Å². The van der Waals surface area contributed by atoms with E-state index >= 15 is 0 Å². The summed E-state index contributed by atoms with van der Waals surface area (Å²) in [7, 11) is 0. The number of ether oxygens (including phenoxy) is 4. The van der Waals surface area contributed by atoms with E-state index in [0.29, 0.717) is 0 Å². The summed E-state index contributed by atoms with van der Waals surface area (Å²) in [4.78, 5) is 12.1. The predicted octanol–water partition coefficient (Wildman–Crippen LogP) is 2.79. The molecule has 0 saturated carbocycles. The van der Waals surface area contributed by atoms with Crippen molar-refractivity contribution >= 4 is 5.97 Å². The third-order valence-corrected chi connectivity index (χ3v) is 4.31. The summed E-state index contributed by atoms with van der Waals surface area (Å²) >= 11 is 0. The van der Waals surface area contributed by atoms with Crippen LogP contribution in [0.15, 0.2) is 30.3 Å². The Morgan fingerprint density at radius 1 is 1.29 bits per heavy atom. The van der Waals surface area contributed by atoms with Gasteiger partial charge in [0, 0.05) is 0 Å². The van der Waals surface area contributed by atoms with Gasteiger partial charge in [0.1, 0.15) is 18.3 Å². The molecule has 1 aromatic rings. The van der Waals surface area contributed by atoms with Gasteiger partial charge >= 0.3 is 5.97 Å². The molecule has 132 valence electrons. The zero-order valence-corrected chi connectivity index (χ0v) is 13.8. The summed E-state index contributed by atoms with van der Waals surface area (Å²) in [6, 6.07) is 8.18. The maximum absolute atomic E-state index is 13.9. The molecule has 7 heteroatoms. The van der Waals surface area contributed by atoms with Crippen LogP contribution in [0.3, 0.4) is 0 Å². The van der Waals surface area contributed by atoms with E-state index in [2.05, 4.69) is 0 Å². The van der Waals surface area contributed by atoms with Gasteiger partial charge in [0.25, 0.3) is 6.43 Å². The molecule has 2 aliphatic heterocycles. The van der Waals surface area contributed by atoms with E-state index in [1.54, 1.807) is 51.1 Å². The van der Waals surface area contributed by atoms with Gasteiger partial charge in [-0.15, -0.1) is 0 Å². The molecule has 0 spiro atoms. The number of hydrogen-bond acceptors (Lipinski definition) is 5. The van der Waals surface area contributed by atoms with E-state index in [0.717, 1.165) is 0 Å². The minimum Gasteiger partial charge on any atom is -0.459 e. The van der Waals surface area contributed by atoms with E-state index < -0.39 is 42.1 Å². The third-order valence-electron chi connectivity index (χ3n) is 4.31. The van der Waals surface area contributed by atoms with Crippen LogP contribution < -0.4 is 0 Å². The number of rotatable bonds is 4. The van der Waals surface area contributed by atoms with E-state index in [1.807, 2.05) is 0 Å². The van der Waals surface area contributed by atoms with Gasteiger partial charge in [-0.1, -0.05) is 18.2 Å². The molecule has 2 heterocycles. The number of fused-ring (bicyclic) bond motifs is 1. The number of halogens is 2. The lowest BCUT2D eigenvalue weighted by molar-refractivity contribution is -0.232. The molecule has 0 unspecified atom stereocenters. The van der Waals surface area contributed by atoms with Crippen molar-refractivity contribution in [2.24, 2.45) is 0 Å². The number of hydrogen-bond donors (Lipinski definition) is 0. The van der Waals surface area contributed by atoms with Crippen molar-refractivity contribution in [3.8, 4) is 0 Å². The maximum atomic E-state index is 13.9. The molecule has 2 fully saturated rings. The molecule has 3 atom stereocenters. The van der Waals surface area contributed by atoms with Crippen molar-refractivity contribution in [3.63, 3.8) is 0 Å². The highest BCUT2D eigenvalue weighted by atomic mass is 19.3. The van der Waals surface area contributed by atoms with Crippen molar-refractivity contribution in [3.05, 3.63) is 35.9 Å². The van der Waals surface area contributed by atoms with Crippen LogP contribution in [0.1, 0.15) is 31.1 Å². The van der Waals surface area contributed by atoms with Crippen molar-refractivity contribution in [2.75, 3.05) is 13.2 Å². The van der Waals surface area contributed by atoms with Gasteiger partial charge in [0.05, 0.1) is 12.2 Å². The Bertz CT molecular complexity index is 621. The number of alkyl halides is 2. The molecule has 2 aliphatic rings. The van der Waals surface area contributed by atoms with Gasteiger partial charge in [-0.05, 0) is 32.9 Å². The Morgan fingerprint density at radius 3 is 2.58 bits per heavy atom. The maximum Gasteiger partial charge on any atom is 0.338 e. The van der Waals surface area contributed by atoms with Gasteiger partial charge in [-0.2, -0.15) is 0 Å². The zero-order chi connectivity index (χ0) is 17.6. The summed E-state index contributed by atoms with van der Waals surface area (Å²) in [6.45, 7) is 4.30. The Morgan fingerprint density at radius 2 is 1.96 bits per heavy atom. The van der Waals surface area contributed by atoms with Crippen LogP contribution in [0.2, 0.25) is 0 Å². The van der Waals surface area contributed by atoms with E-state index in [-0.39, 0.29) is 12.2 Å². The fraction of sp³-hybridized carbons (Fsp3) is 0.588. The number of carbonyl (C=O) groups excluding carboxylic acids is 1. The van der Waals surface area contributed by atoms with Crippen molar-refractivity contribution in [1.82, 2.24) is 0 Å². The average molecular weight is 342 g/mol. The van der Waals surface area contributed by atoms with E-state index in [9.17, 15) is 13.6 Å². The fourth-order valence-electron chi connectivity index (χ4n) is 3.32. The molecule has 0 aromatic heterocycles. The summed E-state index contributed by atoms with van der Waals surface area (Å²) < 4.78 is 49.6. The summed E-state index contributed by atoms with van der Waals surface area (Å²) in [5, 5.41) is 0. The minimum atomic E-state index is -2.90. The second-order valence-corrected chi connectivity index (χ2v) is 6.80. The predicted molar refractivity (Wildman–Crippen MR) is 79.9 cm³/mol. The quantitative estimate of drug-likeness (QED) is 0.788. The molecule has 0 bridgehead atoms. The monoisotopic (exact) mass is 342 g/mol. The first-order valence-electron chi connectivity index (χ1n) is 7.71. The van der Waals surface area contributed by atoms with Crippen molar-refractivity contribution in [1.29, 1.82) is 0 Å². The SMILES string of the molecule is CC1(C)O[C@@H]2[C@](COC(=O)c3ccccc3)(C(F)F)OC[C@]2(C)O1. The molecule has 24 heavy (non-hydrogen) atoms. The Balaban J connectivity index is 1.79. The highest BCUT2D eigenvalue weighted by Gasteiger charge is 2.69. The number of benzene rings is 1. The number of esters is 1. The van der Waals surface area contributed by atoms with Crippen LogP contribution in [0.5, 0.6) is 0 Å². The summed E-state index contributed by atoms with van der Waals surface area (Å²) in [6.07, 6.45) is -3.94. The van der Waals surface area contributed by atoms with Crippen LogP contribution in [-0.4, -0.2) is 48.7 Å². The standard InChI is InChI=1S/C17H20F2O5/c1-15(2)23-13-16(3,24-15)9-22-17(13,14(18)19)10-21-12(20)11-7-5-4-6-8-11/h4-8,13-14H,9-10H2,1-3H3/t13-,16-,17+/m0/s1. The van der Waals surface area contributed by atoms with Gasteiger partial charge < -0.3 is 18.9 Å². The van der Waals surface area contributed by atoms with E-state index in [1.165, 1.54) is 0 Å². The Hall–Kier alpha value is -1.57. The van der Waals surface area contributed by atoms with Crippen LogP contribution >= 0.6 is 0 Å². The highest BCUT2D eigenvalue weighted by Crippen LogP contribution is 2.49. The smallest absolute Gasteiger partial charge is 0.338 e. The van der Waals surface area contributed by atoms with Crippen LogP contribution in [0.4, 0.5) is 8.78 Å². The normalized spacial score (nSPS) is 34.3. The lowest BCUT2D eigenvalue weighted by atomic mass is 9.89. The molecule has 3 rings (SSSR count). The summed E-state index contributed by atoms with van der Waals surface area (Å²) in [5.74, 6) is -1.70. The molecule has 5 nitrogen and oxygen atoms in total. The van der Waals surface area contributed by atoms with Crippen LogP contribution in [-0.2, 0) is 18.9 Å². The Kier molecular flexibility index (Phi) is 4.14. The third kappa shape index (κ3) is 2.81. The lowest BCUT2D eigenvalue weighted by Crippen LogP contribution is -2.55. The molecule has 2 saturated heterocycles. The first-order valence-corrected chi connectivity index (χ1v) is 7.71. The lowest BCUT2D eigenvalue weighted by Gasteiger charge is -2.33. The van der Waals surface area contributed by atoms with Crippen LogP contribution in [0, 0.1) is 0 Å². The van der Waals surface area contributed by atoms with Gasteiger partial charge in [0.2, 0.25) is 0 Å². The molecule has 0 radical (unpaired) electrons. The largest absolute Gasteiger partial charge is 0.459 e. The van der Waals surface area contributed by atoms with Crippen molar-refractivity contribution in [2.45, 2.75) is 50.3 Å². The van der Waals surface area contributed by atoms with Gasteiger partial charge in [-0.25, -0.2) is 13.6 Å². The Labute approximate surface area is 138 Å². The molecule has 0 aliphatic carbocycles.